The predicted molar refractivity (Wildman–Crippen MR) is 67.8 cm³/mol. The first-order valence-corrected chi connectivity index (χ1v) is 6.17. The molecule has 0 aromatic rings. The van der Waals surface area contributed by atoms with Gasteiger partial charge in [-0.1, -0.05) is 0 Å². The van der Waals surface area contributed by atoms with E-state index in [1.807, 2.05) is 19.0 Å². The molecule has 0 aromatic carbocycles. The molecule has 1 aliphatic rings. The first-order chi connectivity index (χ1) is 8.43. The quantitative estimate of drug-likeness (QED) is 0.706. The first kappa shape index (κ1) is 14.9. The Labute approximate surface area is 108 Å². The Morgan fingerprint density at radius 2 is 2.11 bits per heavy atom. The van der Waals surface area contributed by atoms with Gasteiger partial charge in [0.05, 0.1) is 12.6 Å². The minimum absolute atomic E-state index is 0.00682. The molecule has 1 rings (SSSR count). The molecule has 2 N–H and O–H groups in total. The molecule has 2 amide bonds. The number of primary amides is 1. The molecule has 104 valence electrons. The number of amides is 2. The number of hydrogen-bond acceptors (Lipinski definition) is 4. The van der Waals surface area contributed by atoms with Crippen LogP contribution in [-0.2, 0) is 14.3 Å². The number of hydrogen-bond donors (Lipinski definition) is 1. The lowest BCUT2D eigenvalue weighted by atomic mass is 9.91. The average Bonchev–Trinajstić information content (AvgIpc) is 2.27. The molecule has 0 radical (unpaired) electrons. The van der Waals surface area contributed by atoms with Crippen LogP contribution in [0.3, 0.4) is 0 Å². The number of rotatable bonds is 5. The Hall–Kier alpha value is -1.14. The lowest BCUT2D eigenvalue weighted by Crippen LogP contribution is -2.49. The van der Waals surface area contributed by atoms with E-state index in [9.17, 15) is 9.59 Å². The molecule has 2 atom stereocenters. The van der Waals surface area contributed by atoms with E-state index >= 15 is 0 Å². The molecular formula is C12H23N3O3. The van der Waals surface area contributed by atoms with Crippen molar-refractivity contribution in [3.63, 3.8) is 0 Å². The van der Waals surface area contributed by atoms with Crippen LogP contribution in [0.2, 0.25) is 0 Å². The lowest BCUT2D eigenvalue weighted by molar-refractivity contribution is -0.137. The van der Waals surface area contributed by atoms with Crippen LogP contribution in [-0.4, -0.2) is 68.6 Å². The third-order valence-electron chi connectivity index (χ3n) is 3.23. The van der Waals surface area contributed by atoms with Gasteiger partial charge in [-0.15, -0.1) is 0 Å². The maximum atomic E-state index is 12.0. The van der Waals surface area contributed by atoms with Crippen LogP contribution < -0.4 is 5.73 Å². The highest BCUT2D eigenvalue weighted by molar-refractivity contribution is 5.78. The SMILES string of the molecule is CO[C@@H]1CCN(C(=O)CN(C)C)C[C@H]1CC(N)=O. The van der Waals surface area contributed by atoms with Gasteiger partial charge in [0.25, 0.3) is 0 Å². The summed E-state index contributed by atoms with van der Waals surface area (Å²) in [6, 6.07) is 0. The number of piperidine rings is 1. The summed E-state index contributed by atoms with van der Waals surface area (Å²) in [6.45, 7) is 1.62. The number of carbonyl (C=O) groups excluding carboxylic acids is 2. The molecule has 0 aliphatic carbocycles. The van der Waals surface area contributed by atoms with Crippen LogP contribution in [0.5, 0.6) is 0 Å². The summed E-state index contributed by atoms with van der Waals surface area (Å²) in [4.78, 5) is 26.6. The van der Waals surface area contributed by atoms with E-state index in [1.54, 1.807) is 12.0 Å². The van der Waals surface area contributed by atoms with Crippen molar-refractivity contribution in [3.8, 4) is 0 Å². The summed E-state index contributed by atoms with van der Waals surface area (Å²) in [7, 11) is 5.36. The largest absolute Gasteiger partial charge is 0.381 e. The molecule has 0 saturated carbocycles. The summed E-state index contributed by atoms with van der Waals surface area (Å²) < 4.78 is 5.36. The van der Waals surface area contributed by atoms with Crippen LogP contribution in [0.25, 0.3) is 0 Å². The highest BCUT2D eigenvalue weighted by Crippen LogP contribution is 2.22. The Balaban J connectivity index is 2.59. The predicted octanol–water partition coefficient (Wildman–Crippen LogP) is -0.713. The Morgan fingerprint density at radius 3 is 2.61 bits per heavy atom. The van der Waals surface area contributed by atoms with E-state index in [0.29, 0.717) is 19.6 Å². The second-order valence-corrected chi connectivity index (χ2v) is 5.07. The first-order valence-electron chi connectivity index (χ1n) is 6.17. The highest BCUT2D eigenvalue weighted by atomic mass is 16.5. The number of likely N-dealkylation sites (tertiary alicyclic amines) is 1. The van der Waals surface area contributed by atoms with Crippen molar-refractivity contribution in [1.29, 1.82) is 0 Å². The van der Waals surface area contributed by atoms with Crippen molar-refractivity contribution < 1.29 is 14.3 Å². The molecule has 6 nitrogen and oxygen atoms in total. The van der Waals surface area contributed by atoms with Gasteiger partial charge in [0.2, 0.25) is 11.8 Å². The highest BCUT2D eigenvalue weighted by Gasteiger charge is 2.32. The molecule has 0 unspecified atom stereocenters. The van der Waals surface area contributed by atoms with Crippen molar-refractivity contribution in [3.05, 3.63) is 0 Å². The van der Waals surface area contributed by atoms with Crippen LogP contribution in [0.4, 0.5) is 0 Å². The molecular weight excluding hydrogens is 234 g/mol. The molecule has 6 heteroatoms. The maximum absolute atomic E-state index is 12.0. The fraction of sp³-hybridized carbons (Fsp3) is 0.833. The fourth-order valence-corrected chi connectivity index (χ4v) is 2.37. The molecule has 1 heterocycles. The second kappa shape index (κ2) is 6.70. The summed E-state index contributed by atoms with van der Waals surface area (Å²) in [5.41, 5.74) is 5.24. The van der Waals surface area contributed by atoms with Crippen molar-refractivity contribution >= 4 is 11.8 Å². The van der Waals surface area contributed by atoms with E-state index in [4.69, 9.17) is 10.5 Å². The Kier molecular flexibility index (Phi) is 5.55. The minimum atomic E-state index is -0.344. The minimum Gasteiger partial charge on any atom is -0.381 e. The lowest BCUT2D eigenvalue weighted by Gasteiger charge is -2.37. The van der Waals surface area contributed by atoms with Gasteiger partial charge < -0.3 is 20.3 Å². The zero-order valence-electron chi connectivity index (χ0n) is 11.4. The van der Waals surface area contributed by atoms with E-state index < -0.39 is 0 Å². The number of ether oxygens (including phenoxy) is 1. The summed E-state index contributed by atoms with van der Waals surface area (Å²) in [6.07, 6.45) is 1.04. The average molecular weight is 257 g/mol. The molecule has 1 saturated heterocycles. The zero-order valence-corrected chi connectivity index (χ0v) is 11.4. The van der Waals surface area contributed by atoms with Crippen molar-refractivity contribution in [2.75, 3.05) is 40.8 Å². The third kappa shape index (κ3) is 4.27. The summed E-state index contributed by atoms with van der Waals surface area (Å²) in [5, 5.41) is 0. The molecule has 18 heavy (non-hydrogen) atoms. The smallest absolute Gasteiger partial charge is 0.236 e. The number of nitrogens with two attached hydrogens (primary N) is 1. The van der Waals surface area contributed by atoms with E-state index in [1.165, 1.54) is 0 Å². The number of methoxy groups -OCH3 is 1. The standard InChI is InChI=1S/C12H23N3O3/c1-14(2)8-12(17)15-5-4-10(18-3)9(7-15)6-11(13)16/h9-10H,4-8H2,1-3H3,(H2,13,16)/t9-,10-/m1/s1. The number of nitrogens with zero attached hydrogens (tertiary/aromatic N) is 2. The third-order valence-corrected chi connectivity index (χ3v) is 3.23. The summed E-state index contributed by atoms with van der Waals surface area (Å²) >= 11 is 0. The maximum Gasteiger partial charge on any atom is 0.236 e. The van der Waals surface area contributed by atoms with Gasteiger partial charge in [0, 0.05) is 32.5 Å². The van der Waals surface area contributed by atoms with E-state index in [2.05, 4.69) is 0 Å². The number of carbonyl (C=O) groups is 2. The van der Waals surface area contributed by atoms with Crippen LogP contribution in [0.15, 0.2) is 0 Å². The van der Waals surface area contributed by atoms with Crippen molar-refractivity contribution in [2.24, 2.45) is 11.7 Å². The monoisotopic (exact) mass is 257 g/mol. The van der Waals surface area contributed by atoms with E-state index in [0.717, 1.165) is 6.42 Å². The van der Waals surface area contributed by atoms with Crippen molar-refractivity contribution in [1.82, 2.24) is 9.80 Å². The topological polar surface area (TPSA) is 75.9 Å². The van der Waals surface area contributed by atoms with Gasteiger partial charge in [-0.25, -0.2) is 0 Å². The second-order valence-electron chi connectivity index (χ2n) is 5.07. The van der Waals surface area contributed by atoms with Gasteiger partial charge in [-0.05, 0) is 20.5 Å². The number of likely N-dealkylation sites (N-methyl/N-ethyl adjacent to an activating group) is 1. The summed E-state index contributed by atoms with van der Waals surface area (Å²) in [5.74, 6) is -0.250. The van der Waals surface area contributed by atoms with Crippen molar-refractivity contribution in [2.45, 2.75) is 18.9 Å². The van der Waals surface area contributed by atoms with Crippen LogP contribution in [0, 0.1) is 5.92 Å². The molecule has 0 aromatic heterocycles. The van der Waals surface area contributed by atoms with E-state index in [-0.39, 0.29) is 30.3 Å². The van der Waals surface area contributed by atoms with Gasteiger partial charge in [0.1, 0.15) is 0 Å². The normalized spacial score (nSPS) is 24.3. The van der Waals surface area contributed by atoms with Gasteiger partial charge in [-0.3, -0.25) is 9.59 Å². The Morgan fingerprint density at radius 1 is 1.44 bits per heavy atom. The van der Waals surface area contributed by atoms with Gasteiger partial charge >= 0.3 is 0 Å². The van der Waals surface area contributed by atoms with Gasteiger partial charge in [0.15, 0.2) is 0 Å². The van der Waals surface area contributed by atoms with Gasteiger partial charge in [-0.2, -0.15) is 0 Å². The van der Waals surface area contributed by atoms with Crippen LogP contribution in [0.1, 0.15) is 12.8 Å². The fourth-order valence-electron chi connectivity index (χ4n) is 2.37. The molecule has 1 fully saturated rings. The zero-order chi connectivity index (χ0) is 13.7. The molecule has 0 spiro atoms. The molecule has 0 bridgehead atoms. The van der Waals surface area contributed by atoms with Crippen LogP contribution >= 0.6 is 0 Å². The molecule has 1 aliphatic heterocycles. The Bertz CT molecular complexity index is 307.